The molecule has 0 amide bonds. The summed E-state index contributed by atoms with van der Waals surface area (Å²) in [5.74, 6) is 1.44. The summed E-state index contributed by atoms with van der Waals surface area (Å²) in [5, 5.41) is 4.53. The SMILES string of the molecule is CC(C)=CCC1C(C2=NOC(c3ccccc3)C2)CCC1C1OCCO1. The number of oxime groups is 1. The molecule has 1 aliphatic carbocycles. The van der Waals surface area contributed by atoms with E-state index in [2.05, 4.69) is 49.3 Å². The van der Waals surface area contributed by atoms with Crippen LogP contribution < -0.4 is 0 Å². The second-order valence-corrected chi connectivity index (χ2v) is 7.93. The smallest absolute Gasteiger partial charge is 0.160 e. The highest BCUT2D eigenvalue weighted by molar-refractivity contribution is 5.88. The maximum atomic E-state index is 5.86. The van der Waals surface area contributed by atoms with Crippen molar-refractivity contribution in [3.8, 4) is 0 Å². The number of hydrogen-bond donors (Lipinski definition) is 0. The van der Waals surface area contributed by atoms with Crippen LogP contribution in [0.15, 0.2) is 47.1 Å². The fraction of sp³-hybridized carbons (Fsp3) is 0.591. The van der Waals surface area contributed by atoms with E-state index in [9.17, 15) is 0 Å². The van der Waals surface area contributed by atoms with Crippen LogP contribution in [0.1, 0.15) is 51.2 Å². The van der Waals surface area contributed by atoms with Gasteiger partial charge in [0.05, 0.1) is 18.9 Å². The molecule has 4 heteroatoms. The number of benzene rings is 1. The molecule has 4 nitrogen and oxygen atoms in total. The summed E-state index contributed by atoms with van der Waals surface area (Å²) in [5.41, 5.74) is 3.81. The number of rotatable bonds is 5. The van der Waals surface area contributed by atoms with E-state index in [1.165, 1.54) is 16.8 Å². The summed E-state index contributed by atoms with van der Waals surface area (Å²) in [4.78, 5) is 5.81. The third-order valence-electron chi connectivity index (χ3n) is 5.96. The third kappa shape index (κ3) is 3.72. The number of allylic oxidation sites excluding steroid dienone is 2. The fourth-order valence-corrected chi connectivity index (χ4v) is 4.65. The van der Waals surface area contributed by atoms with Gasteiger partial charge in [-0.2, -0.15) is 0 Å². The van der Waals surface area contributed by atoms with Crippen LogP contribution in [0.4, 0.5) is 0 Å². The molecule has 0 aromatic heterocycles. The molecule has 0 N–H and O–H groups in total. The highest BCUT2D eigenvalue weighted by atomic mass is 16.7. The van der Waals surface area contributed by atoms with Crippen LogP contribution in [0.5, 0.6) is 0 Å². The van der Waals surface area contributed by atoms with Crippen molar-refractivity contribution in [2.24, 2.45) is 22.9 Å². The molecule has 2 heterocycles. The van der Waals surface area contributed by atoms with Crippen molar-refractivity contribution in [2.45, 2.75) is 51.9 Å². The van der Waals surface area contributed by atoms with Gasteiger partial charge in [-0.15, -0.1) is 0 Å². The summed E-state index contributed by atoms with van der Waals surface area (Å²) >= 11 is 0. The first-order chi connectivity index (χ1) is 12.7. The van der Waals surface area contributed by atoms with Crippen molar-refractivity contribution in [1.29, 1.82) is 0 Å². The highest BCUT2D eigenvalue weighted by Crippen LogP contribution is 2.46. The van der Waals surface area contributed by atoms with Crippen molar-refractivity contribution >= 4 is 5.71 Å². The predicted octanol–water partition coefficient (Wildman–Crippen LogP) is 4.88. The summed E-state index contributed by atoms with van der Waals surface area (Å²) in [6.07, 6.45) is 6.65. The topological polar surface area (TPSA) is 40.0 Å². The largest absolute Gasteiger partial charge is 0.387 e. The molecule has 140 valence electrons. The summed E-state index contributed by atoms with van der Waals surface area (Å²) in [7, 11) is 0. The normalized spacial score (nSPS) is 31.7. The van der Waals surface area contributed by atoms with Gasteiger partial charge in [0.25, 0.3) is 0 Å². The lowest BCUT2D eigenvalue weighted by atomic mass is 9.81. The number of hydrogen-bond acceptors (Lipinski definition) is 4. The van der Waals surface area contributed by atoms with E-state index >= 15 is 0 Å². The van der Waals surface area contributed by atoms with Gasteiger partial charge in [-0.05, 0) is 44.6 Å². The van der Waals surface area contributed by atoms with Crippen LogP contribution >= 0.6 is 0 Å². The van der Waals surface area contributed by atoms with Gasteiger partial charge in [0.15, 0.2) is 12.4 Å². The van der Waals surface area contributed by atoms with E-state index in [1.807, 2.05) is 6.07 Å². The molecule has 1 saturated heterocycles. The number of ether oxygens (including phenoxy) is 2. The second-order valence-electron chi connectivity index (χ2n) is 7.93. The minimum absolute atomic E-state index is 0.0385. The van der Waals surface area contributed by atoms with Gasteiger partial charge in [-0.25, -0.2) is 0 Å². The molecule has 4 atom stereocenters. The Morgan fingerprint density at radius 1 is 1.12 bits per heavy atom. The molecular weight excluding hydrogens is 326 g/mol. The molecule has 4 unspecified atom stereocenters. The van der Waals surface area contributed by atoms with Gasteiger partial charge in [0, 0.05) is 18.3 Å². The van der Waals surface area contributed by atoms with Gasteiger partial charge < -0.3 is 14.3 Å². The van der Waals surface area contributed by atoms with E-state index in [4.69, 9.17) is 14.3 Å². The monoisotopic (exact) mass is 355 g/mol. The van der Waals surface area contributed by atoms with E-state index in [0.29, 0.717) is 17.8 Å². The minimum Gasteiger partial charge on any atom is -0.387 e. The molecule has 26 heavy (non-hydrogen) atoms. The van der Waals surface area contributed by atoms with Gasteiger partial charge >= 0.3 is 0 Å². The summed E-state index contributed by atoms with van der Waals surface area (Å²) < 4.78 is 11.7. The van der Waals surface area contributed by atoms with Gasteiger partial charge in [0.2, 0.25) is 0 Å². The lowest BCUT2D eigenvalue weighted by molar-refractivity contribution is -0.0941. The van der Waals surface area contributed by atoms with Crippen LogP contribution in [0.25, 0.3) is 0 Å². The Morgan fingerprint density at radius 2 is 1.88 bits per heavy atom. The number of nitrogens with zero attached hydrogens (tertiary/aromatic N) is 1. The Bertz CT molecular complexity index is 659. The quantitative estimate of drug-likeness (QED) is 0.707. The zero-order chi connectivity index (χ0) is 17.9. The van der Waals surface area contributed by atoms with Crippen molar-refractivity contribution in [2.75, 3.05) is 13.2 Å². The van der Waals surface area contributed by atoms with Crippen LogP contribution in [0, 0.1) is 17.8 Å². The Labute approximate surface area is 156 Å². The first-order valence-electron chi connectivity index (χ1n) is 9.86. The average molecular weight is 355 g/mol. The first kappa shape index (κ1) is 17.7. The van der Waals surface area contributed by atoms with Crippen molar-refractivity contribution in [1.82, 2.24) is 0 Å². The van der Waals surface area contributed by atoms with E-state index in [1.54, 1.807) is 0 Å². The molecule has 3 aliphatic rings. The minimum atomic E-state index is -0.0385. The average Bonchev–Trinajstić information content (AvgIpc) is 3.39. The Morgan fingerprint density at radius 3 is 2.62 bits per heavy atom. The molecule has 0 spiro atoms. The Balaban J connectivity index is 1.48. The molecule has 1 saturated carbocycles. The van der Waals surface area contributed by atoms with Gasteiger partial charge in [-0.3, -0.25) is 0 Å². The molecular formula is C22H29NO3. The zero-order valence-electron chi connectivity index (χ0n) is 15.8. The lowest BCUT2D eigenvalue weighted by Gasteiger charge is -2.27. The third-order valence-corrected chi connectivity index (χ3v) is 5.96. The van der Waals surface area contributed by atoms with Crippen LogP contribution in [0.2, 0.25) is 0 Å². The van der Waals surface area contributed by atoms with Crippen molar-refractivity contribution in [3.05, 3.63) is 47.5 Å². The van der Waals surface area contributed by atoms with Crippen LogP contribution in [0.3, 0.4) is 0 Å². The molecule has 2 aliphatic heterocycles. The summed E-state index contributed by atoms with van der Waals surface area (Å²) in [6.45, 7) is 5.79. The van der Waals surface area contributed by atoms with Crippen LogP contribution in [-0.4, -0.2) is 25.2 Å². The lowest BCUT2D eigenvalue weighted by Crippen LogP contribution is -2.29. The van der Waals surface area contributed by atoms with E-state index in [-0.39, 0.29) is 12.4 Å². The maximum absolute atomic E-state index is 5.86. The Kier molecular flexibility index (Phi) is 5.41. The molecule has 1 aromatic rings. The second kappa shape index (κ2) is 7.93. The molecule has 4 rings (SSSR count). The van der Waals surface area contributed by atoms with Crippen molar-refractivity contribution < 1.29 is 14.3 Å². The molecule has 0 bridgehead atoms. The van der Waals surface area contributed by atoms with Crippen molar-refractivity contribution in [3.63, 3.8) is 0 Å². The van der Waals surface area contributed by atoms with Crippen LogP contribution in [-0.2, 0) is 14.3 Å². The fourth-order valence-electron chi connectivity index (χ4n) is 4.65. The molecule has 0 radical (unpaired) electrons. The highest BCUT2D eigenvalue weighted by Gasteiger charge is 2.45. The molecule has 1 aromatic carbocycles. The maximum Gasteiger partial charge on any atom is 0.160 e. The molecule has 2 fully saturated rings. The zero-order valence-corrected chi connectivity index (χ0v) is 15.8. The standard InChI is InChI=1S/C22H29NO3/c1-15(2)8-9-17-18(10-11-19(17)22-24-12-13-25-22)20-14-21(26-23-20)16-6-4-3-5-7-16/h3-8,17-19,21-22H,9-14H2,1-2H3. The predicted molar refractivity (Wildman–Crippen MR) is 102 cm³/mol. The first-order valence-corrected chi connectivity index (χ1v) is 9.86. The van der Waals surface area contributed by atoms with Gasteiger partial charge in [0.1, 0.15) is 0 Å². The van der Waals surface area contributed by atoms with Gasteiger partial charge in [-0.1, -0.05) is 47.1 Å². The summed E-state index contributed by atoms with van der Waals surface area (Å²) in [6, 6.07) is 10.4. The van der Waals surface area contributed by atoms with E-state index < -0.39 is 0 Å². The van der Waals surface area contributed by atoms with E-state index in [0.717, 1.165) is 38.9 Å². The Hall–Kier alpha value is -1.65.